The topological polar surface area (TPSA) is 64.9 Å². The Morgan fingerprint density at radius 2 is 2.23 bits per heavy atom. The van der Waals surface area contributed by atoms with E-state index in [9.17, 15) is 0 Å². The van der Waals surface area contributed by atoms with Crippen LogP contribution in [-0.4, -0.2) is 26.9 Å². The second-order valence-electron chi connectivity index (χ2n) is 5.95. The molecule has 0 saturated heterocycles. The lowest BCUT2D eigenvalue weighted by Crippen LogP contribution is -2.28. The van der Waals surface area contributed by atoms with Crippen LogP contribution in [0.3, 0.4) is 0 Å². The fraction of sp³-hybridized carbons (Fsp3) is 0.562. The molecule has 1 atom stereocenters. The molecule has 0 amide bonds. The summed E-state index contributed by atoms with van der Waals surface area (Å²) in [5, 5.41) is 8.17. The molecule has 0 bridgehead atoms. The molecule has 3 rings (SSSR count). The Bertz CT molecular complexity index is 637. The maximum Gasteiger partial charge on any atom is 0.213 e. The van der Waals surface area contributed by atoms with Crippen LogP contribution in [0.5, 0.6) is 5.88 Å². The molecule has 1 N–H and O–H groups in total. The lowest BCUT2D eigenvalue weighted by molar-refractivity contribution is 0.362. The van der Waals surface area contributed by atoms with E-state index >= 15 is 0 Å². The number of hydrogen-bond donors (Lipinski definition) is 1. The zero-order chi connectivity index (χ0) is 15.5. The number of aromatic nitrogens is 4. The van der Waals surface area contributed by atoms with E-state index in [-0.39, 0.29) is 6.04 Å². The monoisotopic (exact) mass is 301 g/mol. The predicted molar refractivity (Wildman–Crippen MR) is 83.7 cm³/mol. The van der Waals surface area contributed by atoms with Crippen LogP contribution in [0.1, 0.15) is 56.0 Å². The van der Waals surface area contributed by atoms with Crippen LogP contribution < -0.4 is 10.1 Å². The maximum atomic E-state index is 5.17. The molecule has 2 aromatic rings. The molecule has 1 aliphatic heterocycles. The first-order valence-corrected chi connectivity index (χ1v) is 7.85. The molecule has 6 heteroatoms. The Morgan fingerprint density at radius 3 is 3.00 bits per heavy atom. The number of nitrogens with one attached hydrogen (secondary N) is 1. The molecule has 2 aromatic heterocycles. The van der Waals surface area contributed by atoms with E-state index in [2.05, 4.69) is 33.9 Å². The molecular weight excluding hydrogens is 278 g/mol. The van der Waals surface area contributed by atoms with E-state index in [1.165, 1.54) is 0 Å². The molecule has 1 aliphatic rings. The molecule has 0 fully saturated rings. The minimum Gasteiger partial charge on any atom is -0.481 e. The number of pyridine rings is 1. The summed E-state index contributed by atoms with van der Waals surface area (Å²) in [4.78, 5) is 9.16. The van der Waals surface area contributed by atoms with Gasteiger partial charge in [0.2, 0.25) is 5.88 Å². The van der Waals surface area contributed by atoms with Crippen LogP contribution in [0.25, 0.3) is 0 Å². The summed E-state index contributed by atoms with van der Waals surface area (Å²) < 4.78 is 7.22. The van der Waals surface area contributed by atoms with Crippen molar-refractivity contribution in [3.8, 4) is 5.88 Å². The molecule has 0 radical (unpaired) electrons. The van der Waals surface area contributed by atoms with Gasteiger partial charge >= 0.3 is 0 Å². The van der Waals surface area contributed by atoms with E-state index < -0.39 is 0 Å². The van der Waals surface area contributed by atoms with Crippen LogP contribution in [0.15, 0.2) is 18.2 Å². The van der Waals surface area contributed by atoms with Gasteiger partial charge in [-0.05, 0) is 18.9 Å². The fourth-order valence-corrected chi connectivity index (χ4v) is 2.70. The van der Waals surface area contributed by atoms with Crippen molar-refractivity contribution in [1.82, 2.24) is 25.1 Å². The van der Waals surface area contributed by atoms with Crippen LogP contribution in [0.2, 0.25) is 0 Å². The largest absolute Gasteiger partial charge is 0.481 e. The van der Waals surface area contributed by atoms with Crippen molar-refractivity contribution >= 4 is 0 Å². The van der Waals surface area contributed by atoms with E-state index in [0.717, 1.165) is 36.7 Å². The number of fused-ring (bicyclic) bond motifs is 1. The SMILES string of the molecule is COc1cccc(CN[C@@H]2CCCn3nc(C(C)C)nc32)n1. The second-order valence-corrected chi connectivity index (χ2v) is 5.95. The van der Waals surface area contributed by atoms with E-state index in [4.69, 9.17) is 9.72 Å². The molecular formula is C16H23N5O. The summed E-state index contributed by atoms with van der Waals surface area (Å²) >= 11 is 0. The van der Waals surface area contributed by atoms with E-state index in [1.807, 2.05) is 18.2 Å². The summed E-state index contributed by atoms with van der Waals surface area (Å²) in [7, 11) is 1.64. The third-order valence-corrected chi connectivity index (χ3v) is 3.93. The third kappa shape index (κ3) is 3.11. The van der Waals surface area contributed by atoms with E-state index in [1.54, 1.807) is 7.11 Å². The number of aryl methyl sites for hydroxylation is 1. The number of nitrogens with zero attached hydrogens (tertiary/aromatic N) is 4. The van der Waals surface area contributed by atoms with Crippen molar-refractivity contribution in [3.05, 3.63) is 35.5 Å². The summed E-state index contributed by atoms with van der Waals surface area (Å²) in [5.41, 5.74) is 0.972. The molecule has 0 saturated carbocycles. The first-order valence-electron chi connectivity index (χ1n) is 7.85. The second kappa shape index (κ2) is 6.44. The smallest absolute Gasteiger partial charge is 0.213 e. The van der Waals surface area contributed by atoms with Crippen molar-refractivity contribution < 1.29 is 4.74 Å². The molecule has 3 heterocycles. The lowest BCUT2D eigenvalue weighted by atomic mass is 10.1. The van der Waals surface area contributed by atoms with Crippen LogP contribution in [0, 0.1) is 0 Å². The average Bonchev–Trinajstić information content (AvgIpc) is 2.98. The maximum absolute atomic E-state index is 5.17. The van der Waals surface area contributed by atoms with Crippen LogP contribution >= 0.6 is 0 Å². The van der Waals surface area contributed by atoms with Crippen molar-refractivity contribution in [3.63, 3.8) is 0 Å². The van der Waals surface area contributed by atoms with Gasteiger partial charge in [-0.25, -0.2) is 14.6 Å². The Kier molecular flexibility index (Phi) is 4.38. The highest BCUT2D eigenvalue weighted by Crippen LogP contribution is 2.25. The zero-order valence-electron chi connectivity index (χ0n) is 13.4. The minimum atomic E-state index is 0.238. The van der Waals surface area contributed by atoms with Gasteiger partial charge in [-0.3, -0.25) is 0 Å². The summed E-state index contributed by atoms with van der Waals surface area (Å²) in [6.07, 6.45) is 2.21. The number of hydrogen-bond acceptors (Lipinski definition) is 5. The highest BCUT2D eigenvalue weighted by molar-refractivity contribution is 5.16. The van der Waals surface area contributed by atoms with Gasteiger partial charge in [0, 0.05) is 25.1 Å². The van der Waals surface area contributed by atoms with Crippen molar-refractivity contribution in [2.24, 2.45) is 0 Å². The Morgan fingerprint density at radius 1 is 1.36 bits per heavy atom. The first kappa shape index (κ1) is 15.0. The Labute approximate surface area is 130 Å². The third-order valence-electron chi connectivity index (χ3n) is 3.93. The molecule has 0 spiro atoms. The first-order chi connectivity index (χ1) is 10.7. The van der Waals surface area contributed by atoms with Crippen LogP contribution in [0.4, 0.5) is 0 Å². The average molecular weight is 301 g/mol. The zero-order valence-corrected chi connectivity index (χ0v) is 13.4. The number of methoxy groups -OCH3 is 1. The van der Waals surface area contributed by atoms with Gasteiger partial charge in [0.05, 0.1) is 18.8 Å². The van der Waals surface area contributed by atoms with Crippen molar-refractivity contribution in [2.75, 3.05) is 7.11 Å². The Hall–Kier alpha value is -1.95. The highest BCUT2D eigenvalue weighted by atomic mass is 16.5. The van der Waals surface area contributed by atoms with Gasteiger partial charge in [0.15, 0.2) is 5.82 Å². The van der Waals surface area contributed by atoms with Gasteiger partial charge in [-0.1, -0.05) is 19.9 Å². The molecule has 22 heavy (non-hydrogen) atoms. The number of ether oxygens (including phenoxy) is 1. The molecule has 0 aromatic carbocycles. The standard InChI is InChI=1S/C16H23N5O/c1-11(2)15-19-16-13(7-5-9-21(16)20-15)17-10-12-6-4-8-14(18-12)22-3/h4,6,8,11,13,17H,5,7,9-10H2,1-3H3/t13-/m1/s1. The van der Waals surface area contributed by atoms with Crippen LogP contribution in [-0.2, 0) is 13.1 Å². The van der Waals surface area contributed by atoms with Gasteiger partial charge < -0.3 is 10.1 Å². The van der Waals surface area contributed by atoms with Crippen molar-refractivity contribution in [2.45, 2.75) is 51.7 Å². The molecule has 0 unspecified atom stereocenters. The van der Waals surface area contributed by atoms with Gasteiger partial charge in [0.25, 0.3) is 0 Å². The minimum absolute atomic E-state index is 0.238. The van der Waals surface area contributed by atoms with Gasteiger partial charge in [0.1, 0.15) is 5.82 Å². The fourth-order valence-electron chi connectivity index (χ4n) is 2.70. The van der Waals surface area contributed by atoms with E-state index in [0.29, 0.717) is 18.3 Å². The van der Waals surface area contributed by atoms with Crippen molar-refractivity contribution in [1.29, 1.82) is 0 Å². The highest BCUT2D eigenvalue weighted by Gasteiger charge is 2.24. The predicted octanol–water partition coefficient (Wildman–Crippen LogP) is 2.43. The normalized spacial score (nSPS) is 17.5. The molecule has 0 aliphatic carbocycles. The summed E-state index contributed by atoms with van der Waals surface area (Å²) in [5.74, 6) is 2.99. The molecule has 118 valence electrons. The molecule has 6 nitrogen and oxygen atoms in total. The quantitative estimate of drug-likeness (QED) is 0.919. The van der Waals surface area contributed by atoms with Gasteiger partial charge in [-0.15, -0.1) is 0 Å². The number of rotatable bonds is 5. The lowest BCUT2D eigenvalue weighted by Gasteiger charge is -2.23. The summed E-state index contributed by atoms with van der Waals surface area (Å²) in [6.45, 7) is 5.92. The summed E-state index contributed by atoms with van der Waals surface area (Å²) in [6, 6.07) is 6.06. The van der Waals surface area contributed by atoms with Gasteiger partial charge in [-0.2, -0.15) is 5.10 Å². The Balaban J connectivity index is 1.71.